The molecule has 0 saturated heterocycles. The lowest BCUT2D eigenvalue weighted by Crippen LogP contribution is -1.97. The van der Waals surface area contributed by atoms with Crippen molar-refractivity contribution in [3.63, 3.8) is 0 Å². The second kappa shape index (κ2) is 4.44. The van der Waals surface area contributed by atoms with Crippen LogP contribution in [-0.2, 0) is 13.0 Å². The molecule has 0 aliphatic heterocycles. The number of hydrogen-bond donors (Lipinski definition) is 1. The summed E-state index contributed by atoms with van der Waals surface area (Å²) in [5.74, 6) is 0.651. The predicted octanol–water partition coefficient (Wildman–Crippen LogP) is 2.61. The number of rotatable bonds is 4. The van der Waals surface area contributed by atoms with Crippen molar-refractivity contribution < 1.29 is 4.52 Å². The Morgan fingerprint density at radius 3 is 2.80 bits per heavy atom. The molecule has 0 radical (unpaired) electrons. The molecule has 2 rings (SSSR count). The summed E-state index contributed by atoms with van der Waals surface area (Å²) in [5, 5.41) is 6.79. The maximum Gasteiger partial charge on any atom is 0.321 e. The molecular weight excluding hydrogens is 210 g/mol. The zero-order valence-electron chi connectivity index (χ0n) is 8.78. The van der Waals surface area contributed by atoms with Crippen LogP contribution in [0.4, 0.5) is 6.01 Å². The van der Waals surface area contributed by atoms with E-state index in [0.717, 1.165) is 13.0 Å². The van der Waals surface area contributed by atoms with Crippen LogP contribution in [0.3, 0.4) is 0 Å². The third-order valence-electron chi connectivity index (χ3n) is 2.01. The number of nitrogens with zero attached hydrogens (tertiary/aromatic N) is 2. The molecule has 5 heteroatoms. The standard InChI is InChI=1S/C10H13N3OS/c1-3-8-4-5-9(15-8)6-11-10-12-7(2)13-14-10/h4-5H,3,6H2,1-2H3,(H,11,12,13). The molecule has 0 amide bonds. The molecule has 0 saturated carbocycles. The smallest absolute Gasteiger partial charge is 0.321 e. The average Bonchev–Trinajstić information content (AvgIpc) is 2.83. The Hall–Kier alpha value is -1.36. The number of aromatic nitrogens is 2. The van der Waals surface area contributed by atoms with Crippen molar-refractivity contribution >= 4 is 17.4 Å². The van der Waals surface area contributed by atoms with Crippen molar-refractivity contribution in [2.45, 2.75) is 26.8 Å². The van der Waals surface area contributed by atoms with E-state index >= 15 is 0 Å². The first kappa shape index (κ1) is 10.2. The molecule has 15 heavy (non-hydrogen) atoms. The fourth-order valence-corrected chi connectivity index (χ4v) is 2.14. The van der Waals surface area contributed by atoms with Gasteiger partial charge < -0.3 is 9.84 Å². The van der Waals surface area contributed by atoms with Crippen LogP contribution in [0.1, 0.15) is 22.5 Å². The van der Waals surface area contributed by atoms with E-state index in [1.165, 1.54) is 9.75 Å². The van der Waals surface area contributed by atoms with Crippen LogP contribution in [0.15, 0.2) is 16.7 Å². The number of thiophene rings is 1. The van der Waals surface area contributed by atoms with Gasteiger partial charge in [-0.2, -0.15) is 4.98 Å². The van der Waals surface area contributed by atoms with Crippen molar-refractivity contribution in [1.82, 2.24) is 10.1 Å². The van der Waals surface area contributed by atoms with E-state index in [9.17, 15) is 0 Å². The van der Waals surface area contributed by atoms with Gasteiger partial charge in [0.1, 0.15) is 0 Å². The van der Waals surface area contributed by atoms with E-state index in [1.54, 1.807) is 18.3 Å². The Bertz CT molecular complexity index is 435. The highest BCUT2D eigenvalue weighted by molar-refractivity contribution is 7.12. The van der Waals surface area contributed by atoms with E-state index in [1.807, 2.05) is 0 Å². The number of anilines is 1. The summed E-state index contributed by atoms with van der Waals surface area (Å²) in [4.78, 5) is 6.75. The minimum Gasteiger partial charge on any atom is -0.333 e. The molecule has 1 N–H and O–H groups in total. The lowest BCUT2D eigenvalue weighted by Gasteiger charge is -1.96. The number of hydrogen-bond acceptors (Lipinski definition) is 5. The van der Waals surface area contributed by atoms with Crippen LogP contribution in [0.5, 0.6) is 0 Å². The molecule has 4 nitrogen and oxygen atoms in total. The first-order valence-corrected chi connectivity index (χ1v) is 5.71. The molecule has 0 bridgehead atoms. The normalized spacial score (nSPS) is 10.5. The first-order chi connectivity index (χ1) is 7.28. The monoisotopic (exact) mass is 223 g/mol. The topological polar surface area (TPSA) is 51.0 Å². The average molecular weight is 223 g/mol. The third-order valence-corrected chi connectivity index (χ3v) is 3.24. The van der Waals surface area contributed by atoms with E-state index in [4.69, 9.17) is 4.52 Å². The van der Waals surface area contributed by atoms with E-state index in [0.29, 0.717) is 11.8 Å². The second-order valence-corrected chi connectivity index (χ2v) is 4.47. The van der Waals surface area contributed by atoms with Gasteiger partial charge >= 0.3 is 6.01 Å². The van der Waals surface area contributed by atoms with Gasteiger partial charge in [-0.25, -0.2) is 0 Å². The molecule has 0 unspecified atom stereocenters. The first-order valence-electron chi connectivity index (χ1n) is 4.89. The molecule has 80 valence electrons. The van der Waals surface area contributed by atoms with Gasteiger partial charge in [0.2, 0.25) is 0 Å². The van der Waals surface area contributed by atoms with Crippen LogP contribution >= 0.6 is 11.3 Å². The predicted molar refractivity (Wildman–Crippen MR) is 60.1 cm³/mol. The van der Waals surface area contributed by atoms with Gasteiger partial charge in [-0.05, 0) is 25.5 Å². The van der Waals surface area contributed by atoms with Crippen molar-refractivity contribution in [1.29, 1.82) is 0 Å². The Morgan fingerprint density at radius 1 is 1.40 bits per heavy atom. The molecule has 2 aromatic heterocycles. The highest BCUT2D eigenvalue weighted by Gasteiger charge is 2.02. The fraction of sp³-hybridized carbons (Fsp3) is 0.400. The lowest BCUT2D eigenvalue weighted by atomic mass is 10.4. The Balaban J connectivity index is 1.93. The molecular formula is C10H13N3OS. The van der Waals surface area contributed by atoms with Crippen LogP contribution in [0.2, 0.25) is 0 Å². The van der Waals surface area contributed by atoms with Gasteiger partial charge in [0.05, 0.1) is 6.54 Å². The minimum atomic E-state index is 0.485. The van der Waals surface area contributed by atoms with Crippen LogP contribution < -0.4 is 5.32 Å². The zero-order valence-corrected chi connectivity index (χ0v) is 9.60. The van der Waals surface area contributed by atoms with Gasteiger partial charge in [0.25, 0.3) is 0 Å². The van der Waals surface area contributed by atoms with Crippen molar-refractivity contribution in [2.75, 3.05) is 5.32 Å². The minimum absolute atomic E-state index is 0.485. The lowest BCUT2D eigenvalue weighted by molar-refractivity contribution is 0.425. The van der Waals surface area contributed by atoms with Gasteiger partial charge in [0, 0.05) is 9.75 Å². The fourth-order valence-electron chi connectivity index (χ4n) is 1.24. The van der Waals surface area contributed by atoms with Crippen LogP contribution in [0, 0.1) is 6.92 Å². The number of aryl methyl sites for hydroxylation is 2. The van der Waals surface area contributed by atoms with Crippen LogP contribution in [-0.4, -0.2) is 10.1 Å². The molecule has 2 aromatic rings. The molecule has 0 aromatic carbocycles. The Morgan fingerprint density at radius 2 is 2.20 bits per heavy atom. The highest BCUT2D eigenvalue weighted by atomic mass is 32.1. The van der Waals surface area contributed by atoms with Gasteiger partial charge in [-0.15, -0.1) is 11.3 Å². The van der Waals surface area contributed by atoms with Gasteiger partial charge in [-0.3, -0.25) is 0 Å². The van der Waals surface area contributed by atoms with Gasteiger partial charge in [-0.1, -0.05) is 12.1 Å². The quantitative estimate of drug-likeness (QED) is 0.865. The van der Waals surface area contributed by atoms with E-state index < -0.39 is 0 Å². The van der Waals surface area contributed by atoms with E-state index in [-0.39, 0.29) is 0 Å². The SMILES string of the molecule is CCc1ccc(CNc2nc(C)no2)s1. The van der Waals surface area contributed by atoms with Crippen molar-refractivity contribution in [2.24, 2.45) is 0 Å². The maximum atomic E-state index is 4.95. The summed E-state index contributed by atoms with van der Waals surface area (Å²) in [6.45, 7) is 4.70. The summed E-state index contributed by atoms with van der Waals surface area (Å²) in [6.07, 6.45) is 1.09. The highest BCUT2D eigenvalue weighted by Crippen LogP contribution is 2.17. The Labute approximate surface area is 92.3 Å². The molecule has 0 aliphatic carbocycles. The Kier molecular flexibility index (Phi) is 3.01. The molecule has 2 heterocycles. The molecule has 0 fully saturated rings. The summed E-state index contributed by atoms with van der Waals surface area (Å²) in [7, 11) is 0. The van der Waals surface area contributed by atoms with Gasteiger partial charge in [0.15, 0.2) is 5.82 Å². The zero-order chi connectivity index (χ0) is 10.7. The second-order valence-electron chi connectivity index (χ2n) is 3.22. The summed E-state index contributed by atoms with van der Waals surface area (Å²) < 4.78 is 4.95. The van der Waals surface area contributed by atoms with Crippen molar-refractivity contribution in [3.05, 3.63) is 27.7 Å². The van der Waals surface area contributed by atoms with E-state index in [2.05, 4.69) is 34.5 Å². The summed E-state index contributed by atoms with van der Waals surface area (Å²) in [5.41, 5.74) is 0. The van der Waals surface area contributed by atoms with Crippen LogP contribution in [0.25, 0.3) is 0 Å². The van der Waals surface area contributed by atoms with Crippen molar-refractivity contribution in [3.8, 4) is 0 Å². The maximum absolute atomic E-state index is 4.95. The molecule has 0 aliphatic rings. The number of nitrogens with one attached hydrogen (secondary N) is 1. The largest absolute Gasteiger partial charge is 0.333 e. The summed E-state index contributed by atoms with van der Waals surface area (Å²) in [6, 6.07) is 4.76. The third kappa shape index (κ3) is 2.56. The molecule has 0 spiro atoms. The molecule has 0 atom stereocenters. The summed E-state index contributed by atoms with van der Waals surface area (Å²) >= 11 is 1.81.